The predicted octanol–water partition coefficient (Wildman–Crippen LogP) is 3.88. The molecule has 1 aromatic heterocycles. The van der Waals surface area contributed by atoms with Gasteiger partial charge in [0.2, 0.25) is 10.0 Å². The number of furan rings is 1. The van der Waals surface area contributed by atoms with E-state index in [2.05, 4.69) is 5.32 Å². The standard InChI is InChI=1S/C22H23FN2O4S/c1-14-11-17(12-21(15(14)2)30(27,28)25(3)4)22(26)24-13-19-9-10-20(29-19)16-5-7-18(23)8-6-16/h5-12H,13H2,1-4H3,(H,24,26). The molecule has 0 aliphatic carbocycles. The van der Waals surface area contributed by atoms with Gasteiger partial charge in [-0.1, -0.05) is 0 Å². The summed E-state index contributed by atoms with van der Waals surface area (Å²) in [6, 6.07) is 12.4. The molecule has 0 fully saturated rings. The molecule has 0 saturated carbocycles. The molecule has 0 saturated heterocycles. The number of nitrogens with zero attached hydrogens (tertiary/aromatic N) is 1. The monoisotopic (exact) mass is 430 g/mol. The number of halogens is 1. The van der Waals surface area contributed by atoms with Crippen LogP contribution >= 0.6 is 0 Å². The summed E-state index contributed by atoms with van der Waals surface area (Å²) >= 11 is 0. The smallest absolute Gasteiger partial charge is 0.251 e. The van der Waals surface area contributed by atoms with Crippen molar-refractivity contribution in [2.24, 2.45) is 0 Å². The van der Waals surface area contributed by atoms with Crippen molar-refractivity contribution in [1.82, 2.24) is 9.62 Å². The molecule has 1 heterocycles. The number of nitrogens with one attached hydrogen (secondary N) is 1. The molecule has 0 spiro atoms. The number of sulfonamides is 1. The number of aryl methyl sites for hydroxylation is 1. The summed E-state index contributed by atoms with van der Waals surface area (Å²) in [6.07, 6.45) is 0. The minimum Gasteiger partial charge on any atom is -0.459 e. The van der Waals surface area contributed by atoms with Crippen LogP contribution in [-0.2, 0) is 16.6 Å². The van der Waals surface area contributed by atoms with E-state index in [1.807, 2.05) is 0 Å². The van der Waals surface area contributed by atoms with Crippen molar-refractivity contribution in [2.45, 2.75) is 25.3 Å². The highest BCUT2D eigenvalue weighted by molar-refractivity contribution is 7.89. The van der Waals surface area contributed by atoms with E-state index in [0.29, 0.717) is 22.6 Å². The third kappa shape index (κ3) is 4.44. The normalized spacial score (nSPS) is 11.7. The molecule has 0 atom stereocenters. The Labute approximate surface area is 175 Å². The highest BCUT2D eigenvalue weighted by Gasteiger charge is 2.23. The number of carbonyl (C=O) groups is 1. The van der Waals surface area contributed by atoms with E-state index in [0.717, 1.165) is 9.87 Å². The van der Waals surface area contributed by atoms with Gasteiger partial charge in [-0.2, -0.15) is 0 Å². The van der Waals surface area contributed by atoms with E-state index in [-0.39, 0.29) is 22.8 Å². The van der Waals surface area contributed by atoms with Gasteiger partial charge in [0, 0.05) is 25.2 Å². The molecule has 3 rings (SSSR count). The molecule has 6 nitrogen and oxygen atoms in total. The topological polar surface area (TPSA) is 79.6 Å². The summed E-state index contributed by atoms with van der Waals surface area (Å²) in [4.78, 5) is 12.7. The Kier molecular flexibility index (Phi) is 6.09. The average Bonchev–Trinajstić information content (AvgIpc) is 3.17. The van der Waals surface area contributed by atoms with Crippen LogP contribution in [0.25, 0.3) is 11.3 Å². The molecule has 0 aliphatic heterocycles. The Morgan fingerprint density at radius 2 is 1.73 bits per heavy atom. The van der Waals surface area contributed by atoms with Crippen LogP contribution in [0.5, 0.6) is 0 Å². The summed E-state index contributed by atoms with van der Waals surface area (Å²) < 4.78 is 45.0. The number of hydrogen-bond acceptors (Lipinski definition) is 4. The van der Waals surface area contributed by atoms with Crippen molar-refractivity contribution in [1.29, 1.82) is 0 Å². The van der Waals surface area contributed by atoms with Crippen LogP contribution in [0.1, 0.15) is 27.2 Å². The maximum absolute atomic E-state index is 13.1. The Balaban J connectivity index is 1.77. The first-order valence-electron chi connectivity index (χ1n) is 9.26. The van der Waals surface area contributed by atoms with Gasteiger partial charge in [-0.15, -0.1) is 0 Å². The van der Waals surface area contributed by atoms with Crippen molar-refractivity contribution in [3.8, 4) is 11.3 Å². The Morgan fingerprint density at radius 3 is 2.37 bits per heavy atom. The average molecular weight is 431 g/mol. The molecule has 0 radical (unpaired) electrons. The van der Waals surface area contributed by atoms with Crippen LogP contribution in [0, 0.1) is 19.7 Å². The van der Waals surface area contributed by atoms with Crippen LogP contribution in [0.3, 0.4) is 0 Å². The van der Waals surface area contributed by atoms with Gasteiger partial charge in [-0.3, -0.25) is 4.79 Å². The lowest BCUT2D eigenvalue weighted by Crippen LogP contribution is -2.26. The van der Waals surface area contributed by atoms with Crippen molar-refractivity contribution in [2.75, 3.05) is 14.1 Å². The molecule has 0 aliphatic rings. The van der Waals surface area contributed by atoms with Gasteiger partial charge in [0.25, 0.3) is 5.91 Å². The first kappa shape index (κ1) is 21.7. The molecular formula is C22H23FN2O4S. The molecule has 3 aromatic rings. The van der Waals surface area contributed by atoms with Crippen LogP contribution < -0.4 is 5.32 Å². The first-order valence-corrected chi connectivity index (χ1v) is 10.7. The quantitative estimate of drug-likeness (QED) is 0.644. The molecule has 8 heteroatoms. The van der Waals surface area contributed by atoms with Gasteiger partial charge in [0.1, 0.15) is 17.3 Å². The maximum atomic E-state index is 13.1. The summed E-state index contributed by atoms with van der Waals surface area (Å²) in [7, 11) is -0.774. The number of carbonyl (C=O) groups excluding carboxylic acids is 1. The fourth-order valence-electron chi connectivity index (χ4n) is 2.93. The molecule has 30 heavy (non-hydrogen) atoms. The summed E-state index contributed by atoms with van der Waals surface area (Å²) in [6.45, 7) is 3.61. The van der Waals surface area contributed by atoms with Crippen LogP contribution in [-0.4, -0.2) is 32.7 Å². The summed E-state index contributed by atoms with van der Waals surface area (Å²) in [5.41, 5.74) is 2.29. The van der Waals surface area contributed by atoms with Crippen molar-refractivity contribution in [3.05, 3.63) is 76.8 Å². The lowest BCUT2D eigenvalue weighted by molar-refractivity contribution is 0.0948. The van der Waals surface area contributed by atoms with E-state index < -0.39 is 15.9 Å². The Hall–Kier alpha value is -2.97. The second kappa shape index (κ2) is 8.41. The predicted molar refractivity (Wildman–Crippen MR) is 112 cm³/mol. The number of rotatable bonds is 6. The lowest BCUT2D eigenvalue weighted by Gasteiger charge is -2.16. The first-order chi connectivity index (χ1) is 14.1. The minimum atomic E-state index is -3.68. The molecule has 1 N–H and O–H groups in total. The Bertz CT molecular complexity index is 1180. The second-order valence-electron chi connectivity index (χ2n) is 7.16. The highest BCUT2D eigenvalue weighted by Crippen LogP contribution is 2.24. The van der Waals surface area contributed by atoms with Gasteiger partial charge >= 0.3 is 0 Å². The molecule has 0 bridgehead atoms. The zero-order valence-electron chi connectivity index (χ0n) is 17.2. The Morgan fingerprint density at radius 1 is 1.07 bits per heavy atom. The fraction of sp³-hybridized carbons (Fsp3) is 0.227. The molecule has 2 aromatic carbocycles. The van der Waals surface area contributed by atoms with Crippen molar-refractivity contribution in [3.63, 3.8) is 0 Å². The molecular weight excluding hydrogens is 407 g/mol. The van der Waals surface area contributed by atoms with Crippen molar-refractivity contribution >= 4 is 15.9 Å². The SMILES string of the molecule is Cc1cc(C(=O)NCc2ccc(-c3ccc(F)cc3)o2)cc(S(=O)(=O)N(C)C)c1C. The van der Waals surface area contributed by atoms with Crippen LogP contribution in [0.15, 0.2) is 57.8 Å². The van der Waals surface area contributed by atoms with Crippen molar-refractivity contribution < 1.29 is 22.0 Å². The van der Waals surface area contributed by atoms with Gasteiger partial charge in [0.05, 0.1) is 11.4 Å². The van der Waals surface area contributed by atoms with Crippen LogP contribution in [0.2, 0.25) is 0 Å². The summed E-state index contributed by atoms with van der Waals surface area (Å²) in [5, 5.41) is 2.74. The minimum absolute atomic E-state index is 0.106. The molecule has 1 amide bonds. The molecule has 0 unspecified atom stereocenters. The van der Waals surface area contributed by atoms with E-state index in [4.69, 9.17) is 4.42 Å². The van der Waals surface area contributed by atoms with Gasteiger partial charge in [0.15, 0.2) is 0 Å². The van der Waals surface area contributed by atoms with E-state index in [1.165, 1.54) is 32.3 Å². The zero-order chi connectivity index (χ0) is 22.1. The van der Waals surface area contributed by atoms with Gasteiger partial charge < -0.3 is 9.73 Å². The number of benzene rings is 2. The van der Waals surface area contributed by atoms with Gasteiger partial charge in [-0.05, 0) is 73.5 Å². The van der Waals surface area contributed by atoms with E-state index in [9.17, 15) is 17.6 Å². The zero-order valence-corrected chi connectivity index (χ0v) is 18.0. The summed E-state index contributed by atoms with van der Waals surface area (Å²) in [5.74, 6) is 0.340. The van der Waals surface area contributed by atoms with E-state index in [1.54, 1.807) is 44.2 Å². The van der Waals surface area contributed by atoms with Crippen LogP contribution in [0.4, 0.5) is 4.39 Å². The third-order valence-corrected chi connectivity index (χ3v) is 6.80. The number of amides is 1. The molecule has 158 valence electrons. The van der Waals surface area contributed by atoms with E-state index >= 15 is 0 Å². The lowest BCUT2D eigenvalue weighted by atomic mass is 10.1. The second-order valence-corrected chi connectivity index (χ2v) is 9.28. The third-order valence-electron chi connectivity index (χ3n) is 4.85. The maximum Gasteiger partial charge on any atom is 0.251 e. The highest BCUT2D eigenvalue weighted by atomic mass is 32.2. The largest absolute Gasteiger partial charge is 0.459 e. The fourth-order valence-corrected chi connectivity index (χ4v) is 4.15. The number of hydrogen-bond donors (Lipinski definition) is 1. The van der Waals surface area contributed by atoms with Gasteiger partial charge in [-0.25, -0.2) is 17.1 Å².